The van der Waals surface area contributed by atoms with Gasteiger partial charge in [0.05, 0.1) is 33.4 Å². The van der Waals surface area contributed by atoms with Crippen LogP contribution in [-0.2, 0) is 0 Å². The van der Waals surface area contributed by atoms with Gasteiger partial charge in [-0.05, 0) is 37.1 Å². The van der Waals surface area contributed by atoms with E-state index in [9.17, 15) is 0 Å². The van der Waals surface area contributed by atoms with E-state index in [-0.39, 0.29) is 0 Å². The molecule has 4 heteroatoms. The van der Waals surface area contributed by atoms with E-state index in [4.69, 9.17) is 9.97 Å². The van der Waals surface area contributed by atoms with Crippen molar-refractivity contribution in [3.05, 3.63) is 97.1 Å². The van der Waals surface area contributed by atoms with Crippen molar-refractivity contribution in [2.24, 2.45) is 0 Å². The van der Waals surface area contributed by atoms with Gasteiger partial charge in [0.25, 0.3) is 0 Å². The summed E-state index contributed by atoms with van der Waals surface area (Å²) in [6, 6.07) is 33.8. The van der Waals surface area contributed by atoms with E-state index in [1.54, 1.807) is 0 Å². The first kappa shape index (κ1) is 27.0. The van der Waals surface area contributed by atoms with Crippen LogP contribution in [0, 0.1) is 0 Å². The lowest BCUT2D eigenvalue weighted by Crippen LogP contribution is -2.03. The summed E-state index contributed by atoms with van der Waals surface area (Å²) in [5, 5.41) is 12.3. The Hall–Kier alpha value is -4.18. The quantitative estimate of drug-likeness (QED) is 0.107. The second-order valence-electron chi connectivity index (χ2n) is 11.1. The fourth-order valence-electron chi connectivity index (χ4n) is 5.97. The Bertz CT molecular complexity index is 1510. The summed E-state index contributed by atoms with van der Waals surface area (Å²) in [5.74, 6) is 0. The molecule has 0 amide bonds. The number of hydrogen-bond donors (Lipinski definition) is 2. The minimum Gasteiger partial charge on any atom is -0.384 e. The van der Waals surface area contributed by atoms with Gasteiger partial charge in [-0.15, -0.1) is 0 Å². The van der Waals surface area contributed by atoms with Crippen LogP contribution in [0.4, 0.5) is 11.4 Å². The number of fused-ring (bicyclic) bond motifs is 4. The zero-order valence-corrected chi connectivity index (χ0v) is 23.9. The molecule has 0 aliphatic rings. The molecular formula is C37H40N4. The fraction of sp³-hybridized carbons (Fsp3) is 0.297. The lowest BCUT2D eigenvalue weighted by molar-refractivity contribution is 0.566. The number of nitrogens with one attached hydrogen (secondary N) is 2. The number of para-hydroxylation sites is 4. The largest absolute Gasteiger partial charge is 0.384 e. The Morgan fingerprint density at radius 1 is 0.341 bits per heavy atom. The highest BCUT2D eigenvalue weighted by atomic mass is 14.9. The van der Waals surface area contributed by atoms with E-state index in [2.05, 4.69) is 108 Å². The molecule has 2 aromatic heterocycles. The first-order chi connectivity index (χ1) is 20.4. The molecule has 6 aromatic rings. The van der Waals surface area contributed by atoms with Gasteiger partial charge in [-0.25, -0.2) is 9.97 Å². The van der Waals surface area contributed by atoms with E-state index in [0.29, 0.717) is 0 Å². The van der Waals surface area contributed by atoms with Crippen LogP contribution in [0.25, 0.3) is 43.6 Å². The number of hydrogen-bond acceptors (Lipinski definition) is 4. The van der Waals surface area contributed by atoms with Crippen molar-refractivity contribution in [3.63, 3.8) is 0 Å². The third-order valence-corrected chi connectivity index (χ3v) is 8.13. The topological polar surface area (TPSA) is 49.8 Å². The Balaban J connectivity index is 0.871. The summed E-state index contributed by atoms with van der Waals surface area (Å²) in [5.41, 5.74) is 6.69. The van der Waals surface area contributed by atoms with Gasteiger partial charge < -0.3 is 10.6 Å². The Kier molecular flexibility index (Phi) is 8.86. The molecule has 4 nitrogen and oxygen atoms in total. The average molecular weight is 541 g/mol. The molecule has 4 aromatic carbocycles. The highest BCUT2D eigenvalue weighted by molar-refractivity contribution is 6.08. The maximum atomic E-state index is 4.84. The SMILES string of the molecule is c1ccc2c(NCCCCCCCCCCCNc3c4ccccc4nc4ccccc34)c3ccccc3nc2c1. The van der Waals surface area contributed by atoms with Gasteiger partial charge in [0, 0.05) is 34.6 Å². The summed E-state index contributed by atoms with van der Waals surface area (Å²) in [4.78, 5) is 9.68. The van der Waals surface area contributed by atoms with Gasteiger partial charge in [-0.3, -0.25) is 0 Å². The van der Waals surface area contributed by atoms with Gasteiger partial charge >= 0.3 is 0 Å². The summed E-state index contributed by atoms with van der Waals surface area (Å²) in [7, 11) is 0. The summed E-state index contributed by atoms with van der Waals surface area (Å²) < 4.78 is 0. The zero-order valence-electron chi connectivity index (χ0n) is 23.9. The monoisotopic (exact) mass is 540 g/mol. The van der Waals surface area contributed by atoms with Crippen LogP contribution >= 0.6 is 0 Å². The molecule has 2 N–H and O–H groups in total. The second kappa shape index (κ2) is 13.5. The smallest absolute Gasteiger partial charge is 0.0730 e. The lowest BCUT2D eigenvalue weighted by Gasteiger charge is -2.13. The molecule has 0 radical (unpaired) electrons. The standard InChI is InChI=1S/C37H40N4/c1(2-4-6-16-26-38-36-28-18-8-12-22-32(28)40-33-23-13-9-19-29(33)36)3-5-7-17-27-39-37-30-20-10-14-24-34(30)41-35-25-15-11-21-31(35)37/h8-15,18-25H,1-7,16-17,26-27H2,(H,38,40)(H,39,41). The minimum absolute atomic E-state index is 1.01. The van der Waals surface area contributed by atoms with Crippen LogP contribution < -0.4 is 10.6 Å². The molecule has 41 heavy (non-hydrogen) atoms. The first-order valence-corrected chi connectivity index (χ1v) is 15.4. The molecule has 0 unspecified atom stereocenters. The van der Waals surface area contributed by atoms with Crippen molar-refractivity contribution in [1.29, 1.82) is 0 Å². The lowest BCUT2D eigenvalue weighted by atomic mass is 10.1. The number of pyridine rings is 2. The van der Waals surface area contributed by atoms with Crippen LogP contribution in [0.5, 0.6) is 0 Å². The van der Waals surface area contributed by atoms with E-state index >= 15 is 0 Å². The van der Waals surface area contributed by atoms with Crippen LogP contribution in [0.2, 0.25) is 0 Å². The summed E-state index contributed by atoms with van der Waals surface area (Å²) in [6.07, 6.45) is 11.6. The Morgan fingerprint density at radius 3 is 0.927 bits per heavy atom. The second-order valence-corrected chi connectivity index (χ2v) is 11.1. The van der Waals surface area contributed by atoms with Crippen molar-refractivity contribution in [3.8, 4) is 0 Å². The average Bonchev–Trinajstić information content (AvgIpc) is 3.02. The molecule has 0 spiro atoms. The normalized spacial score (nSPS) is 11.5. The van der Waals surface area contributed by atoms with Gasteiger partial charge in [-0.2, -0.15) is 0 Å². The number of anilines is 2. The van der Waals surface area contributed by atoms with Crippen molar-refractivity contribution in [2.75, 3.05) is 23.7 Å². The van der Waals surface area contributed by atoms with Crippen LogP contribution in [0.15, 0.2) is 97.1 Å². The summed E-state index contributed by atoms with van der Waals surface area (Å²) in [6.45, 7) is 2.01. The molecule has 2 heterocycles. The Morgan fingerprint density at radius 2 is 0.610 bits per heavy atom. The number of unbranched alkanes of at least 4 members (excludes halogenated alkanes) is 8. The number of nitrogens with zero attached hydrogens (tertiary/aromatic N) is 2. The van der Waals surface area contributed by atoms with Crippen LogP contribution in [-0.4, -0.2) is 23.1 Å². The number of benzene rings is 4. The molecular weight excluding hydrogens is 500 g/mol. The van der Waals surface area contributed by atoms with E-state index in [1.165, 1.54) is 90.7 Å². The van der Waals surface area contributed by atoms with Crippen molar-refractivity contribution >= 4 is 55.0 Å². The van der Waals surface area contributed by atoms with E-state index in [0.717, 1.165) is 35.2 Å². The van der Waals surface area contributed by atoms with E-state index < -0.39 is 0 Å². The van der Waals surface area contributed by atoms with Crippen molar-refractivity contribution in [2.45, 2.75) is 57.8 Å². The predicted molar refractivity (Wildman–Crippen MR) is 177 cm³/mol. The number of aromatic nitrogens is 2. The van der Waals surface area contributed by atoms with Crippen LogP contribution in [0.1, 0.15) is 57.8 Å². The maximum Gasteiger partial charge on any atom is 0.0730 e. The Labute approximate surface area is 243 Å². The molecule has 0 aliphatic heterocycles. The molecule has 0 bridgehead atoms. The molecule has 6 rings (SSSR count). The molecule has 0 saturated heterocycles. The molecule has 0 atom stereocenters. The van der Waals surface area contributed by atoms with Gasteiger partial charge in [0.1, 0.15) is 0 Å². The molecule has 0 aliphatic carbocycles. The zero-order chi connectivity index (χ0) is 27.7. The molecule has 0 saturated carbocycles. The highest BCUT2D eigenvalue weighted by Crippen LogP contribution is 2.32. The van der Waals surface area contributed by atoms with Crippen molar-refractivity contribution in [1.82, 2.24) is 9.97 Å². The third kappa shape index (κ3) is 6.43. The number of rotatable bonds is 14. The summed E-state index contributed by atoms with van der Waals surface area (Å²) >= 11 is 0. The van der Waals surface area contributed by atoms with E-state index in [1.807, 2.05) is 0 Å². The highest BCUT2D eigenvalue weighted by Gasteiger charge is 2.09. The van der Waals surface area contributed by atoms with Crippen molar-refractivity contribution < 1.29 is 0 Å². The predicted octanol–water partition coefficient (Wildman–Crippen LogP) is 10.1. The third-order valence-electron chi connectivity index (χ3n) is 8.13. The maximum absolute atomic E-state index is 4.84. The fourth-order valence-corrected chi connectivity index (χ4v) is 5.97. The van der Waals surface area contributed by atoms with Gasteiger partial charge in [0.2, 0.25) is 0 Å². The van der Waals surface area contributed by atoms with Gasteiger partial charge in [-0.1, -0.05) is 118 Å². The van der Waals surface area contributed by atoms with Crippen LogP contribution in [0.3, 0.4) is 0 Å². The molecule has 0 fully saturated rings. The van der Waals surface area contributed by atoms with Gasteiger partial charge in [0.15, 0.2) is 0 Å². The minimum atomic E-state index is 1.01. The molecule has 208 valence electrons. The first-order valence-electron chi connectivity index (χ1n) is 15.4.